The predicted molar refractivity (Wildman–Crippen MR) is 106 cm³/mol. The highest BCUT2D eigenvalue weighted by Gasteiger charge is 2.16. The van der Waals surface area contributed by atoms with Crippen LogP contribution in [0.1, 0.15) is 34.6 Å². The van der Waals surface area contributed by atoms with Gasteiger partial charge in [0.1, 0.15) is 25.6 Å². The highest BCUT2D eigenvalue weighted by molar-refractivity contribution is 7.07. The lowest BCUT2D eigenvalue weighted by Gasteiger charge is -2.21. The molecule has 0 radical (unpaired) electrons. The van der Waals surface area contributed by atoms with Crippen molar-refractivity contribution in [2.24, 2.45) is 0 Å². The van der Waals surface area contributed by atoms with E-state index in [0.29, 0.717) is 36.9 Å². The number of nitrogens with one attached hydrogen (secondary N) is 1. The summed E-state index contributed by atoms with van der Waals surface area (Å²) in [5, 5.41) is 4.95. The molecule has 28 heavy (non-hydrogen) atoms. The van der Waals surface area contributed by atoms with Crippen molar-refractivity contribution >= 4 is 17.2 Å². The summed E-state index contributed by atoms with van der Waals surface area (Å²) in [6, 6.07) is 12.6. The third-order valence-electron chi connectivity index (χ3n) is 4.40. The second-order valence-electron chi connectivity index (χ2n) is 6.39. The molecule has 0 saturated carbocycles. The summed E-state index contributed by atoms with van der Waals surface area (Å²) in [4.78, 5) is 16.7. The minimum absolute atomic E-state index is 0.145. The van der Waals surface area contributed by atoms with Gasteiger partial charge >= 0.3 is 0 Å². The van der Waals surface area contributed by atoms with E-state index >= 15 is 0 Å². The number of fused-ring (bicyclic) bond motifs is 1. The molecular formula is C21H20N2O4S. The number of benzene rings is 2. The van der Waals surface area contributed by atoms with E-state index in [1.807, 2.05) is 30.5 Å². The molecule has 3 aromatic rings. The molecule has 1 N–H and O–H groups in total. The van der Waals surface area contributed by atoms with Gasteiger partial charge in [0.05, 0.1) is 17.2 Å². The first-order valence-electron chi connectivity index (χ1n) is 8.99. The fraction of sp³-hybridized carbons (Fsp3) is 0.238. The third-order valence-corrected chi connectivity index (χ3v) is 5.04. The molecule has 4 rings (SSSR count). The Morgan fingerprint density at radius 3 is 2.71 bits per heavy atom. The Morgan fingerprint density at radius 2 is 1.96 bits per heavy atom. The Morgan fingerprint density at radius 1 is 1.18 bits per heavy atom. The van der Waals surface area contributed by atoms with Gasteiger partial charge in [-0.25, -0.2) is 4.98 Å². The molecule has 144 valence electrons. The largest absolute Gasteiger partial charge is 0.487 e. The third kappa shape index (κ3) is 4.26. The molecule has 0 saturated heterocycles. The standard InChI is InChI=1S/C21H20N2O4S/c1-14(16-4-7-19-20(10-16)26-9-8-25-19)23-21(24)15-2-5-18(6-3-15)27-11-17-12-28-13-22-17/h2-7,10,12-14H,8-9,11H2,1H3,(H,23,24)/t14-/m0/s1. The van der Waals surface area contributed by atoms with Crippen LogP contribution in [0.3, 0.4) is 0 Å². The lowest BCUT2D eigenvalue weighted by atomic mass is 10.1. The Balaban J connectivity index is 1.36. The maximum Gasteiger partial charge on any atom is 0.251 e. The molecule has 2 aromatic carbocycles. The van der Waals surface area contributed by atoms with Crippen molar-refractivity contribution in [1.29, 1.82) is 0 Å². The van der Waals surface area contributed by atoms with E-state index in [0.717, 1.165) is 17.0 Å². The maximum absolute atomic E-state index is 12.6. The number of rotatable bonds is 6. The Kier molecular flexibility index (Phi) is 5.43. The summed E-state index contributed by atoms with van der Waals surface area (Å²) in [5.74, 6) is 2.01. The number of hydrogen-bond acceptors (Lipinski definition) is 6. The van der Waals surface area contributed by atoms with Gasteiger partial charge in [0.25, 0.3) is 5.91 Å². The number of aromatic nitrogens is 1. The topological polar surface area (TPSA) is 69.7 Å². The van der Waals surface area contributed by atoms with E-state index < -0.39 is 0 Å². The number of thiazole rings is 1. The van der Waals surface area contributed by atoms with Crippen LogP contribution in [0.15, 0.2) is 53.4 Å². The smallest absolute Gasteiger partial charge is 0.251 e. The summed E-state index contributed by atoms with van der Waals surface area (Å²) in [7, 11) is 0. The number of amides is 1. The van der Waals surface area contributed by atoms with Gasteiger partial charge in [-0.2, -0.15) is 0 Å². The fourth-order valence-electron chi connectivity index (χ4n) is 2.86. The molecule has 1 amide bonds. The summed E-state index contributed by atoms with van der Waals surface area (Å²) in [6.45, 7) is 3.45. The molecule has 0 unspecified atom stereocenters. The van der Waals surface area contributed by atoms with Crippen LogP contribution in [0.4, 0.5) is 0 Å². The minimum Gasteiger partial charge on any atom is -0.487 e. The summed E-state index contributed by atoms with van der Waals surface area (Å²) in [6.07, 6.45) is 0. The molecule has 1 aliphatic heterocycles. The van der Waals surface area contributed by atoms with Crippen LogP contribution in [0, 0.1) is 0 Å². The van der Waals surface area contributed by atoms with Gasteiger partial charge < -0.3 is 19.5 Å². The lowest BCUT2D eigenvalue weighted by molar-refractivity contribution is 0.0939. The number of nitrogens with zero attached hydrogens (tertiary/aromatic N) is 1. The number of carbonyl (C=O) groups excluding carboxylic acids is 1. The zero-order chi connectivity index (χ0) is 19.3. The first-order valence-corrected chi connectivity index (χ1v) is 9.93. The average molecular weight is 396 g/mol. The number of carbonyl (C=O) groups is 1. The second kappa shape index (κ2) is 8.31. The fourth-order valence-corrected chi connectivity index (χ4v) is 3.40. The molecule has 0 aliphatic carbocycles. The second-order valence-corrected chi connectivity index (χ2v) is 7.11. The van der Waals surface area contributed by atoms with Crippen LogP contribution >= 0.6 is 11.3 Å². The van der Waals surface area contributed by atoms with E-state index in [1.165, 1.54) is 11.3 Å². The zero-order valence-corrected chi connectivity index (χ0v) is 16.2. The first kappa shape index (κ1) is 18.3. The number of ether oxygens (including phenoxy) is 3. The minimum atomic E-state index is -0.163. The van der Waals surface area contributed by atoms with Gasteiger partial charge in [0, 0.05) is 10.9 Å². The molecule has 7 heteroatoms. The van der Waals surface area contributed by atoms with Crippen LogP contribution in [0.5, 0.6) is 17.2 Å². The molecule has 0 bridgehead atoms. The SMILES string of the molecule is C[C@H](NC(=O)c1ccc(OCc2cscn2)cc1)c1ccc2c(c1)OCCO2. The average Bonchev–Trinajstić information content (AvgIpc) is 3.26. The molecule has 1 atom stereocenters. The van der Waals surface area contributed by atoms with Crippen molar-refractivity contribution in [1.82, 2.24) is 10.3 Å². The zero-order valence-electron chi connectivity index (χ0n) is 15.4. The summed E-state index contributed by atoms with van der Waals surface area (Å²) >= 11 is 1.53. The van der Waals surface area contributed by atoms with Crippen molar-refractivity contribution in [2.45, 2.75) is 19.6 Å². The van der Waals surface area contributed by atoms with Gasteiger partial charge in [-0.1, -0.05) is 6.07 Å². The molecule has 1 aromatic heterocycles. The van der Waals surface area contributed by atoms with Crippen molar-refractivity contribution < 1.29 is 19.0 Å². The van der Waals surface area contributed by atoms with Gasteiger partial charge in [0.2, 0.25) is 0 Å². The van der Waals surface area contributed by atoms with E-state index in [-0.39, 0.29) is 11.9 Å². The van der Waals surface area contributed by atoms with Crippen molar-refractivity contribution in [3.8, 4) is 17.2 Å². The van der Waals surface area contributed by atoms with E-state index in [1.54, 1.807) is 29.8 Å². The van der Waals surface area contributed by atoms with Crippen LogP contribution in [-0.4, -0.2) is 24.1 Å². The van der Waals surface area contributed by atoms with E-state index in [2.05, 4.69) is 10.3 Å². The molecule has 0 fully saturated rings. The molecule has 1 aliphatic rings. The van der Waals surface area contributed by atoms with Gasteiger partial charge in [-0.3, -0.25) is 4.79 Å². The Labute approximate surface area is 167 Å². The van der Waals surface area contributed by atoms with E-state index in [9.17, 15) is 4.79 Å². The highest BCUT2D eigenvalue weighted by Crippen LogP contribution is 2.32. The quantitative estimate of drug-likeness (QED) is 0.682. The number of hydrogen-bond donors (Lipinski definition) is 1. The van der Waals surface area contributed by atoms with Crippen molar-refractivity contribution in [3.05, 3.63) is 70.2 Å². The van der Waals surface area contributed by atoms with E-state index in [4.69, 9.17) is 14.2 Å². The van der Waals surface area contributed by atoms with Crippen LogP contribution in [0.25, 0.3) is 0 Å². The molecule has 6 nitrogen and oxygen atoms in total. The maximum atomic E-state index is 12.6. The van der Waals surface area contributed by atoms with Crippen LogP contribution in [-0.2, 0) is 6.61 Å². The monoisotopic (exact) mass is 396 g/mol. The molecular weight excluding hydrogens is 376 g/mol. The van der Waals surface area contributed by atoms with Gasteiger partial charge in [0.15, 0.2) is 11.5 Å². The first-order chi connectivity index (χ1) is 13.7. The Bertz CT molecular complexity index is 942. The van der Waals surface area contributed by atoms with Gasteiger partial charge in [-0.15, -0.1) is 11.3 Å². The molecule has 0 spiro atoms. The predicted octanol–water partition coefficient (Wildman–Crippen LogP) is 3.98. The van der Waals surface area contributed by atoms with Crippen LogP contribution in [0.2, 0.25) is 0 Å². The summed E-state index contributed by atoms with van der Waals surface area (Å²) < 4.78 is 16.8. The molecule has 2 heterocycles. The van der Waals surface area contributed by atoms with Crippen LogP contribution < -0.4 is 19.5 Å². The van der Waals surface area contributed by atoms with Crippen molar-refractivity contribution in [2.75, 3.05) is 13.2 Å². The van der Waals surface area contributed by atoms with Gasteiger partial charge in [-0.05, 0) is 48.9 Å². The Hall–Kier alpha value is -3.06. The van der Waals surface area contributed by atoms with Crippen molar-refractivity contribution in [3.63, 3.8) is 0 Å². The summed E-state index contributed by atoms with van der Waals surface area (Å²) in [5.41, 5.74) is 4.20. The normalized spacial score (nSPS) is 13.6. The lowest BCUT2D eigenvalue weighted by Crippen LogP contribution is -2.26. The highest BCUT2D eigenvalue weighted by atomic mass is 32.1.